The van der Waals surface area contributed by atoms with E-state index in [1.807, 2.05) is 24.3 Å². The van der Waals surface area contributed by atoms with Gasteiger partial charge >= 0.3 is 0 Å². The van der Waals surface area contributed by atoms with E-state index in [0.717, 1.165) is 11.1 Å². The Bertz CT molecular complexity index is 705. The Hall–Kier alpha value is -1.55. The number of rotatable bonds is 3. The second kappa shape index (κ2) is 5.92. The van der Waals surface area contributed by atoms with E-state index in [4.69, 9.17) is 23.2 Å². The van der Waals surface area contributed by atoms with Crippen LogP contribution in [0.3, 0.4) is 0 Å². The largest absolute Gasteiger partial charge is 0.387 e. The summed E-state index contributed by atoms with van der Waals surface area (Å²) in [4.78, 5) is 12.2. The van der Waals surface area contributed by atoms with Crippen molar-refractivity contribution in [3.8, 4) is 0 Å². The zero-order chi connectivity index (χ0) is 15.7. The quantitative estimate of drug-likeness (QED) is 0.904. The van der Waals surface area contributed by atoms with Gasteiger partial charge in [-0.05, 0) is 29.3 Å². The first-order chi connectivity index (χ1) is 10.5. The lowest BCUT2D eigenvalue weighted by molar-refractivity contribution is 0.0480. The Balaban J connectivity index is 1.67. The van der Waals surface area contributed by atoms with Gasteiger partial charge < -0.3 is 10.4 Å². The summed E-state index contributed by atoms with van der Waals surface area (Å²) < 4.78 is 0. The average molecular weight is 336 g/mol. The molecule has 22 heavy (non-hydrogen) atoms. The summed E-state index contributed by atoms with van der Waals surface area (Å²) in [5.74, 6) is -0.314. The number of halogens is 2. The van der Waals surface area contributed by atoms with Gasteiger partial charge in [0.2, 0.25) is 0 Å². The average Bonchev–Trinajstić information content (AvgIpc) is 2.81. The van der Waals surface area contributed by atoms with Gasteiger partial charge in [0.25, 0.3) is 5.91 Å². The third-order valence-corrected chi connectivity index (χ3v) is 4.46. The van der Waals surface area contributed by atoms with Crippen molar-refractivity contribution in [2.45, 2.75) is 18.4 Å². The fourth-order valence-electron chi connectivity index (χ4n) is 2.81. The Kier molecular flexibility index (Phi) is 4.13. The van der Waals surface area contributed by atoms with Crippen molar-refractivity contribution in [3.05, 3.63) is 69.2 Å². The first kappa shape index (κ1) is 15.3. The molecule has 1 aliphatic carbocycles. The van der Waals surface area contributed by atoms with Crippen LogP contribution in [0.2, 0.25) is 10.0 Å². The normalized spacial score (nSPS) is 15.4. The van der Waals surface area contributed by atoms with Crippen molar-refractivity contribution in [1.82, 2.24) is 5.32 Å². The van der Waals surface area contributed by atoms with Gasteiger partial charge in [-0.25, -0.2) is 0 Å². The number of benzene rings is 2. The van der Waals surface area contributed by atoms with Crippen molar-refractivity contribution >= 4 is 29.1 Å². The van der Waals surface area contributed by atoms with Gasteiger partial charge in [0.15, 0.2) is 0 Å². The van der Waals surface area contributed by atoms with Gasteiger partial charge in [-0.3, -0.25) is 4.79 Å². The topological polar surface area (TPSA) is 49.3 Å². The molecule has 1 amide bonds. The highest BCUT2D eigenvalue weighted by Crippen LogP contribution is 2.29. The molecule has 0 saturated heterocycles. The second-order valence-corrected chi connectivity index (χ2v) is 6.50. The highest BCUT2D eigenvalue weighted by Gasteiger charge is 2.35. The van der Waals surface area contributed by atoms with E-state index in [-0.39, 0.29) is 12.5 Å². The third-order valence-electron chi connectivity index (χ3n) is 3.91. The van der Waals surface area contributed by atoms with Gasteiger partial charge in [0.1, 0.15) is 0 Å². The first-order valence-corrected chi connectivity index (χ1v) is 7.75. The minimum atomic E-state index is -0.946. The molecule has 0 aliphatic heterocycles. The lowest BCUT2D eigenvalue weighted by Crippen LogP contribution is -2.43. The van der Waals surface area contributed by atoms with Gasteiger partial charge in [-0.2, -0.15) is 0 Å². The van der Waals surface area contributed by atoms with Crippen molar-refractivity contribution in [3.63, 3.8) is 0 Å². The fraction of sp³-hybridized carbons (Fsp3) is 0.235. The maximum atomic E-state index is 12.2. The van der Waals surface area contributed by atoms with Gasteiger partial charge in [-0.15, -0.1) is 0 Å². The SMILES string of the molecule is O=C(NCC1(O)Cc2ccccc2C1)c1ccc(Cl)cc1Cl. The van der Waals surface area contributed by atoms with E-state index in [0.29, 0.717) is 28.5 Å². The molecular weight excluding hydrogens is 321 g/mol. The smallest absolute Gasteiger partial charge is 0.252 e. The van der Waals surface area contributed by atoms with E-state index in [9.17, 15) is 9.90 Å². The molecule has 1 aliphatic rings. The summed E-state index contributed by atoms with van der Waals surface area (Å²) >= 11 is 11.8. The van der Waals surface area contributed by atoms with Crippen LogP contribution in [-0.2, 0) is 12.8 Å². The molecule has 0 spiro atoms. The van der Waals surface area contributed by atoms with Crippen molar-refractivity contribution in [2.24, 2.45) is 0 Å². The van der Waals surface area contributed by atoms with Gasteiger partial charge in [0, 0.05) is 24.4 Å². The molecule has 2 aromatic carbocycles. The molecule has 114 valence electrons. The van der Waals surface area contributed by atoms with Crippen LogP contribution < -0.4 is 5.32 Å². The molecule has 0 unspecified atom stereocenters. The summed E-state index contributed by atoms with van der Waals surface area (Å²) in [7, 11) is 0. The number of nitrogens with one attached hydrogen (secondary N) is 1. The third kappa shape index (κ3) is 3.12. The Morgan fingerprint density at radius 2 is 1.77 bits per heavy atom. The molecule has 0 saturated carbocycles. The summed E-state index contributed by atoms with van der Waals surface area (Å²) in [5.41, 5.74) is 1.66. The van der Waals surface area contributed by atoms with Crippen molar-refractivity contribution < 1.29 is 9.90 Å². The molecule has 0 aromatic heterocycles. The Labute approximate surface area is 138 Å². The van der Waals surface area contributed by atoms with E-state index >= 15 is 0 Å². The van der Waals surface area contributed by atoms with E-state index in [1.54, 1.807) is 12.1 Å². The molecule has 0 heterocycles. The number of hydrogen-bond acceptors (Lipinski definition) is 2. The molecule has 2 aromatic rings. The molecule has 2 N–H and O–H groups in total. The molecule has 3 rings (SSSR count). The molecule has 3 nitrogen and oxygen atoms in total. The summed E-state index contributed by atoms with van der Waals surface area (Å²) in [5, 5.41) is 14.2. The Morgan fingerprint density at radius 3 is 2.36 bits per heavy atom. The highest BCUT2D eigenvalue weighted by atomic mass is 35.5. The molecule has 0 bridgehead atoms. The van der Waals surface area contributed by atoms with Crippen LogP contribution in [-0.4, -0.2) is 23.2 Å². The minimum absolute atomic E-state index is 0.180. The number of fused-ring (bicyclic) bond motifs is 1. The zero-order valence-corrected chi connectivity index (χ0v) is 13.3. The molecule has 5 heteroatoms. The molecule has 0 atom stereocenters. The number of carbonyl (C=O) groups excluding carboxylic acids is 1. The summed E-state index contributed by atoms with van der Waals surface area (Å²) in [6.45, 7) is 0.180. The number of aliphatic hydroxyl groups is 1. The molecule has 0 fully saturated rings. The number of amides is 1. The first-order valence-electron chi connectivity index (χ1n) is 6.99. The van der Waals surface area contributed by atoms with Crippen LogP contribution in [0.1, 0.15) is 21.5 Å². The van der Waals surface area contributed by atoms with E-state index in [2.05, 4.69) is 5.32 Å². The Morgan fingerprint density at radius 1 is 1.14 bits per heavy atom. The monoisotopic (exact) mass is 335 g/mol. The van der Waals surface area contributed by atoms with E-state index in [1.165, 1.54) is 6.07 Å². The van der Waals surface area contributed by atoms with Crippen LogP contribution >= 0.6 is 23.2 Å². The number of hydrogen-bond donors (Lipinski definition) is 2. The van der Waals surface area contributed by atoms with Gasteiger partial charge in [0.05, 0.1) is 16.2 Å². The predicted molar refractivity (Wildman–Crippen MR) is 87.6 cm³/mol. The van der Waals surface area contributed by atoms with Crippen LogP contribution in [0, 0.1) is 0 Å². The standard InChI is InChI=1S/C17H15Cl2NO2/c18-13-5-6-14(15(19)7-13)16(21)20-10-17(22)8-11-3-1-2-4-12(11)9-17/h1-7,22H,8-10H2,(H,20,21). The predicted octanol–water partition coefficient (Wildman–Crippen LogP) is 3.25. The van der Waals surface area contributed by atoms with Crippen LogP contribution in [0.15, 0.2) is 42.5 Å². The lowest BCUT2D eigenvalue weighted by Gasteiger charge is -2.22. The minimum Gasteiger partial charge on any atom is -0.387 e. The zero-order valence-electron chi connectivity index (χ0n) is 11.8. The lowest BCUT2D eigenvalue weighted by atomic mass is 10.0. The van der Waals surface area contributed by atoms with Crippen molar-refractivity contribution in [2.75, 3.05) is 6.54 Å². The van der Waals surface area contributed by atoms with Crippen molar-refractivity contribution in [1.29, 1.82) is 0 Å². The summed E-state index contributed by atoms with van der Waals surface area (Å²) in [6.07, 6.45) is 1.08. The number of carbonyl (C=O) groups is 1. The van der Waals surface area contributed by atoms with Gasteiger partial charge in [-0.1, -0.05) is 47.5 Å². The maximum Gasteiger partial charge on any atom is 0.252 e. The van der Waals surface area contributed by atoms with Crippen LogP contribution in [0.25, 0.3) is 0 Å². The fourth-order valence-corrected chi connectivity index (χ4v) is 3.31. The second-order valence-electron chi connectivity index (χ2n) is 5.65. The van der Waals surface area contributed by atoms with Crippen LogP contribution in [0.4, 0.5) is 0 Å². The maximum absolute atomic E-state index is 12.2. The van der Waals surface area contributed by atoms with Crippen LogP contribution in [0.5, 0.6) is 0 Å². The molecular formula is C17H15Cl2NO2. The van der Waals surface area contributed by atoms with E-state index < -0.39 is 5.60 Å². The highest BCUT2D eigenvalue weighted by molar-refractivity contribution is 6.36. The summed E-state index contributed by atoms with van der Waals surface area (Å²) in [6, 6.07) is 12.6. The molecule has 0 radical (unpaired) electrons.